The zero-order valence-electron chi connectivity index (χ0n) is 8.40. The third-order valence-electron chi connectivity index (χ3n) is 2.69. The molecule has 1 aliphatic heterocycles. The molecule has 0 N–H and O–H groups in total. The first-order valence-corrected chi connectivity index (χ1v) is 5.30. The zero-order valence-corrected chi connectivity index (χ0v) is 9.15. The largest absolute Gasteiger partial charge is 0.319 e. The van der Waals surface area contributed by atoms with Crippen molar-refractivity contribution in [2.45, 2.75) is 43.5 Å². The Morgan fingerprint density at radius 2 is 2.00 bits per heavy atom. The van der Waals surface area contributed by atoms with Crippen LogP contribution in [-0.2, 0) is 0 Å². The highest BCUT2D eigenvalue weighted by Gasteiger charge is 2.43. The van der Waals surface area contributed by atoms with Crippen LogP contribution in [-0.4, -0.2) is 41.8 Å². The Balaban J connectivity index is 2.55. The fourth-order valence-corrected chi connectivity index (χ4v) is 1.99. The highest BCUT2D eigenvalue weighted by molar-refractivity contribution is 6.20. The van der Waals surface area contributed by atoms with Crippen molar-refractivity contribution in [2.24, 2.45) is 0 Å². The van der Waals surface area contributed by atoms with Gasteiger partial charge in [-0.1, -0.05) is 0 Å². The SMILES string of the molecule is CC1CCC(Cl)CN1CC(F)(F)C(F)F. The summed E-state index contributed by atoms with van der Waals surface area (Å²) in [6.07, 6.45) is -2.19. The van der Waals surface area contributed by atoms with Crippen LogP contribution in [0.3, 0.4) is 0 Å². The Morgan fingerprint density at radius 3 is 2.53 bits per heavy atom. The quantitative estimate of drug-likeness (QED) is 0.547. The second-order valence-corrected chi connectivity index (χ2v) is 4.63. The van der Waals surface area contributed by atoms with Crippen molar-refractivity contribution in [1.29, 1.82) is 0 Å². The van der Waals surface area contributed by atoms with Crippen LogP contribution in [0.15, 0.2) is 0 Å². The first-order valence-electron chi connectivity index (χ1n) is 4.87. The zero-order chi connectivity index (χ0) is 11.6. The predicted octanol–water partition coefficient (Wildman–Crippen LogP) is 2.98. The Kier molecular flexibility index (Phi) is 4.23. The monoisotopic (exact) mass is 247 g/mol. The molecule has 2 unspecified atom stereocenters. The number of piperidine rings is 1. The molecule has 2 atom stereocenters. The molecule has 0 amide bonds. The molecule has 0 saturated carbocycles. The fourth-order valence-electron chi connectivity index (χ4n) is 1.69. The lowest BCUT2D eigenvalue weighted by atomic mass is 10.0. The van der Waals surface area contributed by atoms with E-state index in [1.807, 2.05) is 0 Å². The number of hydrogen-bond acceptors (Lipinski definition) is 1. The van der Waals surface area contributed by atoms with Crippen LogP contribution in [0.2, 0.25) is 0 Å². The maximum absolute atomic E-state index is 12.8. The van der Waals surface area contributed by atoms with E-state index in [1.165, 1.54) is 4.90 Å². The van der Waals surface area contributed by atoms with Gasteiger partial charge in [-0.05, 0) is 19.8 Å². The van der Waals surface area contributed by atoms with Gasteiger partial charge in [0.15, 0.2) is 0 Å². The number of halogens is 5. The number of hydrogen-bond donors (Lipinski definition) is 0. The molecule has 0 spiro atoms. The molecule has 0 bridgehead atoms. The molecule has 0 radical (unpaired) electrons. The van der Waals surface area contributed by atoms with E-state index in [0.29, 0.717) is 6.42 Å². The summed E-state index contributed by atoms with van der Waals surface area (Å²) in [6.45, 7) is 1.10. The van der Waals surface area contributed by atoms with Gasteiger partial charge in [0.25, 0.3) is 0 Å². The van der Waals surface area contributed by atoms with Crippen molar-refractivity contribution in [3.63, 3.8) is 0 Å². The van der Waals surface area contributed by atoms with Gasteiger partial charge in [0.2, 0.25) is 0 Å². The molecule has 1 heterocycles. The molecule has 15 heavy (non-hydrogen) atoms. The van der Waals surface area contributed by atoms with E-state index in [2.05, 4.69) is 0 Å². The molecule has 1 rings (SSSR count). The Morgan fingerprint density at radius 1 is 1.40 bits per heavy atom. The molecule has 0 aromatic heterocycles. The van der Waals surface area contributed by atoms with Gasteiger partial charge in [0, 0.05) is 18.0 Å². The van der Waals surface area contributed by atoms with Gasteiger partial charge >= 0.3 is 12.3 Å². The average molecular weight is 248 g/mol. The van der Waals surface area contributed by atoms with E-state index in [9.17, 15) is 17.6 Å². The minimum absolute atomic E-state index is 0.107. The summed E-state index contributed by atoms with van der Waals surface area (Å²) >= 11 is 5.81. The van der Waals surface area contributed by atoms with Gasteiger partial charge in [-0.3, -0.25) is 4.90 Å². The highest BCUT2D eigenvalue weighted by Crippen LogP contribution is 2.28. The molecular formula is C9H14ClF4N. The fraction of sp³-hybridized carbons (Fsp3) is 1.00. The minimum Gasteiger partial charge on any atom is -0.293 e. The van der Waals surface area contributed by atoms with Crippen LogP contribution in [0.4, 0.5) is 17.6 Å². The maximum atomic E-state index is 12.8. The van der Waals surface area contributed by atoms with Crippen molar-refractivity contribution in [2.75, 3.05) is 13.1 Å². The smallest absolute Gasteiger partial charge is 0.293 e. The number of rotatable bonds is 3. The highest BCUT2D eigenvalue weighted by atomic mass is 35.5. The van der Waals surface area contributed by atoms with Crippen molar-refractivity contribution in [3.05, 3.63) is 0 Å². The van der Waals surface area contributed by atoms with Crippen molar-refractivity contribution >= 4 is 11.6 Å². The molecule has 1 fully saturated rings. The van der Waals surface area contributed by atoms with E-state index in [-0.39, 0.29) is 18.0 Å². The normalized spacial score (nSPS) is 29.8. The molecule has 1 nitrogen and oxygen atoms in total. The van der Waals surface area contributed by atoms with E-state index in [0.717, 1.165) is 6.42 Å². The number of likely N-dealkylation sites (tertiary alicyclic amines) is 1. The van der Waals surface area contributed by atoms with Crippen LogP contribution in [0.1, 0.15) is 19.8 Å². The molecule has 6 heteroatoms. The predicted molar refractivity (Wildman–Crippen MR) is 50.9 cm³/mol. The Labute approximate surface area is 91.4 Å². The van der Waals surface area contributed by atoms with Crippen LogP contribution in [0, 0.1) is 0 Å². The molecule has 0 aliphatic carbocycles. The van der Waals surface area contributed by atoms with Crippen LogP contribution in [0.5, 0.6) is 0 Å². The van der Waals surface area contributed by atoms with E-state index < -0.39 is 18.9 Å². The van der Waals surface area contributed by atoms with Gasteiger partial charge in [0.05, 0.1) is 6.54 Å². The molecule has 1 saturated heterocycles. The molecule has 0 aromatic carbocycles. The molecule has 1 aliphatic rings. The third-order valence-corrected chi connectivity index (χ3v) is 3.04. The lowest BCUT2D eigenvalue weighted by Gasteiger charge is -2.37. The summed E-state index contributed by atoms with van der Waals surface area (Å²) in [7, 11) is 0. The van der Waals surface area contributed by atoms with Gasteiger partial charge < -0.3 is 0 Å². The topological polar surface area (TPSA) is 3.24 Å². The summed E-state index contributed by atoms with van der Waals surface area (Å²) in [4.78, 5) is 1.34. The molecule has 90 valence electrons. The van der Waals surface area contributed by atoms with Crippen LogP contribution >= 0.6 is 11.6 Å². The summed E-state index contributed by atoms with van der Waals surface area (Å²) in [5.41, 5.74) is 0. The van der Waals surface area contributed by atoms with Crippen LogP contribution in [0.25, 0.3) is 0 Å². The number of alkyl halides is 5. The van der Waals surface area contributed by atoms with Gasteiger partial charge in [-0.25, -0.2) is 8.78 Å². The lowest BCUT2D eigenvalue weighted by Crippen LogP contribution is -2.50. The third kappa shape index (κ3) is 3.48. The first kappa shape index (κ1) is 13.0. The van der Waals surface area contributed by atoms with Gasteiger partial charge in [0.1, 0.15) is 0 Å². The van der Waals surface area contributed by atoms with Gasteiger partial charge in [-0.15, -0.1) is 11.6 Å². The standard InChI is InChI=1S/C9H14ClF4N/c1-6-2-3-7(10)4-15(6)5-9(13,14)8(11)12/h6-8H,2-5H2,1H3. The summed E-state index contributed by atoms with van der Waals surface area (Å²) in [6, 6.07) is -0.107. The second-order valence-electron chi connectivity index (χ2n) is 4.01. The second kappa shape index (κ2) is 4.87. The Hall–Kier alpha value is -0.0300. The van der Waals surface area contributed by atoms with Gasteiger partial charge in [-0.2, -0.15) is 8.78 Å². The van der Waals surface area contributed by atoms with Crippen molar-refractivity contribution < 1.29 is 17.6 Å². The van der Waals surface area contributed by atoms with Crippen LogP contribution < -0.4 is 0 Å². The summed E-state index contributed by atoms with van der Waals surface area (Å²) < 4.78 is 49.6. The van der Waals surface area contributed by atoms with Crippen molar-refractivity contribution in [3.8, 4) is 0 Å². The molecular weight excluding hydrogens is 234 g/mol. The average Bonchev–Trinajstić information content (AvgIpc) is 2.10. The lowest BCUT2D eigenvalue weighted by molar-refractivity contribution is -0.147. The maximum Gasteiger partial charge on any atom is 0.319 e. The first-order chi connectivity index (χ1) is 6.83. The number of nitrogens with zero attached hydrogens (tertiary/aromatic N) is 1. The van der Waals surface area contributed by atoms with E-state index >= 15 is 0 Å². The molecule has 0 aromatic rings. The summed E-state index contributed by atoms with van der Waals surface area (Å²) in [5.74, 6) is -3.94. The van der Waals surface area contributed by atoms with Crippen molar-refractivity contribution in [1.82, 2.24) is 4.90 Å². The minimum atomic E-state index is -3.94. The Bertz CT molecular complexity index is 212. The summed E-state index contributed by atoms with van der Waals surface area (Å²) in [5, 5.41) is -0.213. The van der Waals surface area contributed by atoms with E-state index in [4.69, 9.17) is 11.6 Å². The van der Waals surface area contributed by atoms with E-state index in [1.54, 1.807) is 6.92 Å².